The molecule has 2 heterocycles. The van der Waals surface area contributed by atoms with Crippen molar-refractivity contribution in [1.29, 1.82) is 0 Å². The molecule has 0 spiro atoms. The molecule has 2 saturated carbocycles. The van der Waals surface area contributed by atoms with E-state index in [-0.39, 0.29) is 0 Å². The van der Waals surface area contributed by atoms with Gasteiger partial charge in [-0.15, -0.1) is 0 Å². The van der Waals surface area contributed by atoms with Crippen molar-refractivity contribution in [3.63, 3.8) is 0 Å². The van der Waals surface area contributed by atoms with Crippen LogP contribution in [0.15, 0.2) is 0 Å². The molecule has 2 aliphatic heterocycles. The van der Waals surface area contributed by atoms with Gasteiger partial charge >= 0.3 is 0 Å². The molecule has 4 fully saturated rings. The molecule has 0 bridgehead atoms. The van der Waals surface area contributed by atoms with E-state index in [9.17, 15) is 4.21 Å². The molecule has 182 valence electrons. The molecule has 0 aromatic carbocycles. The molecule has 4 aliphatic rings. The Kier molecular flexibility index (Phi) is 10.2. The Labute approximate surface area is 197 Å². The van der Waals surface area contributed by atoms with Crippen LogP contribution in [0.5, 0.6) is 0 Å². The molecule has 0 aromatic heterocycles. The predicted molar refractivity (Wildman–Crippen MR) is 134 cm³/mol. The topological polar surface area (TPSA) is 42.0 Å². The van der Waals surface area contributed by atoms with Gasteiger partial charge in [0.25, 0.3) is 0 Å². The van der Waals surface area contributed by atoms with Crippen molar-refractivity contribution in [2.75, 3.05) is 75.5 Å². The lowest BCUT2D eigenvalue weighted by molar-refractivity contribution is 0.0319. The lowest BCUT2D eigenvalue weighted by atomic mass is 10.1. The molecule has 0 amide bonds. The van der Waals surface area contributed by atoms with Gasteiger partial charge in [0.1, 0.15) is 0 Å². The summed E-state index contributed by atoms with van der Waals surface area (Å²) in [6.07, 6.45) is 6.09. The minimum Gasteiger partial charge on any atom is -0.378 e. The monoisotopic (exact) mass is 474 g/mol. The van der Waals surface area contributed by atoms with E-state index >= 15 is 0 Å². The van der Waals surface area contributed by atoms with Crippen molar-refractivity contribution in [3.8, 4) is 0 Å². The normalized spacial score (nSPS) is 26.0. The molecular formula is C24H46N2O3S2. The van der Waals surface area contributed by atoms with Crippen molar-refractivity contribution < 1.29 is 13.7 Å². The van der Waals surface area contributed by atoms with Gasteiger partial charge in [0, 0.05) is 83.9 Å². The maximum Gasteiger partial charge on any atom is 0.0538 e. The Balaban J connectivity index is 0.000000176. The molecule has 2 aliphatic carbocycles. The van der Waals surface area contributed by atoms with Crippen LogP contribution in [0.4, 0.5) is 0 Å². The van der Waals surface area contributed by atoms with Gasteiger partial charge in [0.05, 0.1) is 25.4 Å². The molecular weight excluding hydrogens is 428 g/mol. The Morgan fingerprint density at radius 1 is 0.774 bits per heavy atom. The highest BCUT2D eigenvalue weighted by Crippen LogP contribution is 2.47. The first-order chi connectivity index (χ1) is 14.8. The largest absolute Gasteiger partial charge is 0.378 e. The van der Waals surface area contributed by atoms with E-state index in [0.717, 1.165) is 44.4 Å². The zero-order valence-corrected chi connectivity index (χ0v) is 22.0. The summed E-state index contributed by atoms with van der Waals surface area (Å²) >= 11 is 2.09. The second-order valence-corrected chi connectivity index (χ2v) is 13.7. The molecule has 5 nitrogen and oxygen atoms in total. The summed E-state index contributed by atoms with van der Waals surface area (Å²) in [5.41, 5.74) is 0.968. The lowest BCUT2D eigenvalue weighted by Gasteiger charge is -2.30. The minimum absolute atomic E-state index is 0.339. The van der Waals surface area contributed by atoms with Crippen molar-refractivity contribution in [2.45, 2.75) is 65.6 Å². The van der Waals surface area contributed by atoms with Gasteiger partial charge in [-0.25, -0.2) is 0 Å². The van der Waals surface area contributed by atoms with Crippen molar-refractivity contribution in [2.24, 2.45) is 10.8 Å². The molecule has 0 aromatic rings. The first-order valence-corrected chi connectivity index (χ1v) is 15.0. The van der Waals surface area contributed by atoms with Crippen LogP contribution in [0.3, 0.4) is 0 Å². The molecule has 7 heteroatoms. The number of rotatable bonds is 10. The standard InChI is InChI=1S/C12H23NO2S.C12H23NOS/c1-11(2)15-10-12(3-4-12)9-13-5-7-16(14)8-6-13;1-11(2)14-10-12(3-4-12)9-13-5-7-15-8-6-13/h11H,3-10H2,1-2H3;11H,3-10H2,1-2H3. The highest BCUT2D eigenvalue weighted by atomic mass is 32.2. The fraction of sp³-hybridized carbons (Fsp3) is 1.00. The number of nitrogens with zero attached hydrogens (tertiary/aromatic N) is 2. The first-order valence-electron chi connectivity index (χ1n) is 12.4. The zero-order chi connectivity index (χ0) is 22.3. The average Bonchev–Trinajstić information content (AvgIpc) is 3.67. The highest BCUT2D eigenvalue weighted by Gasteiger charge is 2.45. The van der Waals surface area contributed by atoms with Crippen LogP contribution in [0.1, 0.15) is 53.4 Å². The summed E-state index contributed by atoms with van der Waals surface area (Å²) in [6, 6.07) is 0. The summed E-state index contributed by atoms with van der Waals surface area (Å²) in [6.45, 7) is 17.4. The minimum atomic E-state index is -0.553. The van der Waals surface area contributed by atoms with Gasteiger partial charge in [-0.2, -0.15) is 11.8 Å². The van der Waals surface area contributed by atoms with Crippen LogP contribution in [-0.4, -0.2) is 102 Å². The summed E-state index contributed by atoms with van der Waals surface area (Å²) in [4.78, 5) is 5.10. The fourth-order valence-electron chi connectivity index (χ4n) is 4.28. The maximum absolute atomic E-state index is 11.3. The number of hydrogen-bond acceptors (Lipinski definition) is 6. The summed E-state index contributed by atoms with van der Waals surface area (Å²) in [7, 11) is -0.553. The van der Waals surface area contributed by atoms with Crippen LogP contribution in [0, 0.1) is 10.8 Å². The second kappa shape index (κ2) is 12.2. The summed E-state index contributed by atoms with van der Waals surface area (Å²) < 4.78 is 22.8. The Morgan fingerprint density at radius 2 is 1.19 bits per heavy atom. The van der Waals surface area contributed by atoms with E-state index in [1.165, 1.54) is 56.8 Å². The van der Waals surface area contributed by atoms with Crippen LogP contribution in [0.2, 0.25) is 0 Å². The van der Waals surface area contributed by atoms with Gasteiger partial charge in [-0.1, -0.05) is 0 Å². The zero-order valence-electron chi connectivity index (χ0n) is 20.4. The smallest absolute Gasteiger partial charge is 0.0538 e. The van der Waals surface area contributed by atoms with Gasteiger partial charge in [-0.05, 0) is 53.4 Å². The molecule has 0 N–H and O–H groups in total. The average molecular weight is 475 g/mol. The Morgan fingerprint density at radius 3 is 1.58 bits per heavy atom. The summed E-state index contributed by atoms with van der Waals surface area (Å²) in [5, 5.41) is 0. The highest BCUT2D eigenvalue weighted by molar-refractivity contribution is 7.99. The van der Waals surface area contributed by atoms with E-state index in [1.54, 1.807) is 0 Å². The third-order valence-electron chi connectivity index (χ3n) is 6.85. The van der Waals surface area contributed by atoms with Crippen LogP contribution >= 0.6 is 11.8 Å². The second-order valence-electron chi connectivity index (χ2n) is 10.7. The van der Waals surface area contributed by atoms with Crippen LogP contribution < -0.4 is 0 Å². The van der Waals surface area contributed by atoms with Crippen LogP contribution in [0.25, 0.3) is 0 Å². The van der Waals surface area contributed by atoms with Crippen molar-refractivity contribution in [1.82, 2.24) is 9.80 Å². The molecule has 0 atom stereocenters. The number of thioether (sulfide) groups is 1. The molecule has 4 rings (SSSR count). The molecule has 0 radical (unpaired) electrons. The van der Waals surface area contributed by atoms with E-state index in [2.05, 4.69) is 49.3 Å². The quantitative estimate of drug-likeness (QED) is 0.483. The Hall–Kier alpha value is 0.340. The summed E-state index contributed by atoms with van der Waals surface area (Å²) in [5.74, 6) is 4.37. The third-order valence-corrected chi connectivity index (χ3v) is 9.07. The maximum atomic E-state index is 11.3. The first kappa shape index (κ1) is 26.0. The molecule has 2 saturated heterocycles. The Bertz CT molecular complexity index is 549. The van der Waals surface area contributed by atoms with E-state index < -0.39 is 10.8 Å². The van der Waals surface area contributed by atoms with Gasteiger partial charge in [0.2, 0.25) is 0 Å². The van der Waals surface area contributed by atoms with Gasteiger partial charge in [0.15, 0.2) is 0 Å². The van der Waals surface area contributed by atoms with Gasteiger partial charge in [-0.3, -0.25) is 4.21 Å². The predicted octanol–water partition coefficient (Wildman–Crippen LogP) is 3.50. The van der Waals surface area contributed by atoms with E-state index in [4.69, 9.17) is 9.47 Å². The number of ether oxygens (including phenoxy) is 2. The van der Waals surface area contributed by atoms with Gasteiger partial charge < -0.3 is 19.3 Å². The van der Waals surface area contributed by atoms with Crippen molar-refractivity contribution >= 4 is 22.6 Å². The third kappa shape index (κ3) is 9.62. The van der Waals surface area contributed by atoms with Crippen LogP contribution in [-0.2, 0) is 20.3 Å². The fourth-order valence-corrected chi connectivity index (χ4v) is 6.38. The molecule has 31 heavy (non-hydrogen) atoms. The number of hydrogen-bond donors (Lipinski definition) is 0. The SMILES string of the molecule is CC(C)OCC1(CN2CCS(=O)CC2)CC1.CC(C)OCC1(CN2CCSCC2)CC1. The molecule has 0 unspecified atom stereocenters. The van der Waals surface area contributed by atoms with E-state index in [1.807, 2.05) is 0 Å². The van der Waals surface area contributed by atoms with Crippen molar-refractivity contribution in [3.05, 3.63) is 0 Å². The lowest BCUT2D eigenvalue weighted by Crippen LogP contribution is -2.42. The van der Waals surface area contributed by atoms with E-state index in [0.29, 0.717) is 23.0 Å².